The van der Waals surface area contributed by atoms with Crippen molar-refractivity contribution < 1.29 is 22.4 Å². The van der Waals surface area contributed by atoms with Crippen molar-refractivity contribution >= 4 is 39.1 Å². The zero-order chi connectivity index (χ0) is 24.6. The van der Waals surface area contributed by atoms with E-state index >= 15 is 0 Å². The van der Waals surface area contributed by atoms with Gasteiger partial charge in [0.05, 0.1) is 17.0 Å². The lowest BCUT2D eigenvalue weighted by molar-refractivity contribution is -0.138. The number of anilines is 1. The fourth-order valence-corrected chi connectivity index (χ4v) is 4.24. The molecule has 10 heteroatoms. The van der Waals surface area contributed by atoms with E-state index in [4.69, 9.17) is 11.6 Å². The molecule has 0 unspecified atom stereocenters. The predicted molar refractivity (Wildman–Crippen MR) is 128 cm³/mol. The molecular weight excluding hydrogens is 469 g/mol. The highest BCUT2D eigenvalue weighted by Crippen LogP contribution is 2.24. The maximum Gasteiger partial charge on any atom is 0.244 e. The molecular formula is C23H29ClFN3O4S. The monoisotopic (exact) mass is 497 g/mol. The van der Waals surface area contributed by atoms with Crippen LogP contribution >= 0.6 is 11.6 Å². The molecule has 1 N–H and O–H groups in total. The van der Waals surface area contributed by atoms with Crippen LogP contribution in [0.5, 0.6) is 0 Å². The van der Waals surface area contributed by atoms with Crippen molar-refractivity contribution in [1.29, 1.82) is 0 Å². The summed E-state index contributed by atoms with van der Waals surface area (Å²) in [6.45, 7) is 3.65. The zero-order valence-electron chi connectivity index (χ0n) is 18.9. The van der Waals surface area contributed by atoms with E-state index in [0.717, 1.165) is 34.7 Å². The molecule has 0 aliphatic heterocycles. The minimum Gasteiger partial charge on any atom is -0.354 e. The van der Waals surface area contributed by atoms with E-state index in [2.05, 4.69) is 5.32 Å². The molecule has 33 heavy (non-hydrogen) atoms. The Morgan fingerprint density at radius 2 is 1.82 bits per heavy atom. The standard InChI is InChI=1S/C23H29ClFN3O4S/c1-4-13-26-23(30)17(2)27(14-12-18-8-6-5-7-9-18)22(29)16-28(33(3,31)32)19-10-11-21(25)20(24)15-19/h5-11,15,17H,4,12-14,16H2,1-3H3,(H,26,30)/t17-/m1/s1. The van der Waals surface area contributed by atoms with Gasteiger partial charge in [-0.15, -0.1) is 0 Å². The summed E-state index contributed by atoms with van der Waals surface area (Å²) in [5.41, 5.74) is 1.03. The van der Waals surface area contributed by atoms with Crippen molar-refractivity contribution in [3.8, 4) is 0 Å². The summed E-state index contributed by atoms with van der Waals surface area (Å²) in [4.78, 5) is 27.3. The molecule has 0 heterocycles. The van der Waals surface area contributed by atoms with Crippen LogP contribution in [0.3, 0.4) is 0 Å². The second kappa shape index (κ2) is 12.0. The van der Waals surface area contributed by atoms with Gasteiger partial charge in [0.25, 0.3) is 0 Å². The maximum atomic E-state index is 13.6. The summed E-state index contributed by atoms with van der Waals surface area (Å²) in [7, 11) is -3.90. The molecule has 2 aromatic carbocycles. The van der Waals surface area contributed by atoms with Gasteiger partial charge in [0.15, 0.2) is 0 Å². The number of hydrogen-bond acceptors (Lipinski definition) is 4. The minimum atomic E-state index is -3.90. The number of carbonyl (C=O) groups excluding carboxylic acids is 2. The van der Waals surface area contributed by atoms with Crippen molar-refractivity contribution in [2.24, 2.45) is 0 Å². The number of sulfonamides is 1. The first-order chi connectivity index (χ1) is 15.5. The van der Waals surface area contributed by atoms with Crippen molar-refractivity contribution in [2.45, 2.75) is 32.7 Å². The molecule has 180 valence electrons. The molecule has 0 aliphatic carbocycles. The van der Waals surface area contributed by atoms with Crippen LogP contribution in [0.2, 0.25) is 5.02 Å². The Hall–Kier alpha value is -2.65. The molecule has 0 spiro atoms. The van der Waals surface area contributed by atoms with Crippen LogP contribution in [0.25, 0.3) is 0 Å². The van der Waals surface area contributed by atoms with E-state index in [1.54, 1.807) is 6.92 Å². The molecule has 7 nitrogen and oxygen atoms in total. The van der Waals surface area contributed by atoms with Crippen LogP contribution < -0.4 is 9.62 Å². The lowest BCUT2D eigenvalue weighted by Gasteiger charge is -2.31. The number of nitrogens with one attached hydrogen (secondary N) is 1. The third-order valence-corrected chi connectivity index (χ3v) is 6.50. The Labute approximate surface area is 199 Å². The summed E-state index contributed by atoms with van der Waals surface area (Å²) in [5.74, 6) is -1.59. The first-order valence-electron chi connectivity index (χ1n) is 10.6. The summed E-state index contributed by atoms with van der Waals surface area (Å²) in [6.07, 6.45) is 2.17. The molecule has 0 saturated carbocycles. The van der Waals surface area contributed by atoms with Gasteiger partial charge >= 0.3 is 0 Å². The topological polar surface area (TPSA) is 86.8 Å². The van der Waals surface area contributed by atoms with Crippen LogP contribution in [-0.4, -0.2) is 57.1 Å². The number of rotatable bonds is 11. The van der Waals surface area contributed by atoms with Gasteiger partial charge in [-0.25, -0.2) is 12.8 Å². The SMILES string of the molecule is CCCNC(=O)[C@@H](C)N(CCc1ccccc1)C(=O)CN(c1ccc(F)c(Cl)c1)S(C)(=O)=O. The van der Waals surface area contributed by atoms with Gasteiger partial charge in [-0.3, -0.25) is 13.9 Å². The largest absolute Gasteiger partial charge is 0.354 e. The van der Waals surface area contributed by atoms with E-state index in [1.807, 2.05) is 37.3 Å². The molecule has 2 aromatic rings. The molecule has 1 atom stereocenters. The highest BCUT2D eigenvalue weighted by molar-refractivity contribution is 7.92. The highest BCUT2D eigenvalue weighted by Gasteiger charge is 2.29. The van der Waals surface area contributed by atoms with Crippen molar-refractivity contribution in [2.75, 3.05) is 30.2 Å². The molecule has 0 aliphatic rings. The minimum absolute atomic E-state index is 0.0587. The Bertz CT molecular complexity index is 1070. The average Bonchev–Trinajstić information content (AvgIpc) is 2.77. The van der Waals surface area contributed by atoms with E-state index < -0.39 is 34.3 Å². The number of hydrogen-bond donors (Lipinski definition) is 1. The molecule has 0 fully saturated rings. The van der Waals surface area contributed by atoms with E-state index in [9.17, 15) is 22.4 Å². The van der Waals surface area contributed by atoms with Crippen molar-refractivity contribution in [1.82, 2.24) is 10.2 Å². The molecule has 0 saturated heterocycles. The summed E-state index contributed by atoms with van der Waals surface area (Å²) >= 11 is 5.82. The Balaban J connectivity index is 2.31. The number of carbonyl (C=O) groups is 2. The van der Waals surface area contributed by atoms with Crippen molar-refractivity contribution in [3.63, 3.8) is 0 Å². The third kappa shape index (κ3) is 7.71. The number of halogens is 2. The van der Waals surface area contributed by atoms with Crippen LogP contribution in [0.1, 0.15) is 25.8 Å². The van der Waals surface area contributed by atoms with E-state index in [0.29, 0.717) is 13.0 Å². The normalized spacial score (nSPS) is 12.2. The van der Waals surface area contributed by atoms with Gasteiger partial charge in [-0.1, -0.05) is 48.9 Å². The molecule has 2 rings (SSSR count). The van der Waals surface area contributed by atoms with Gasteiger partial charge in [0.2, 0.25) is 21.8 Å². The Kier molecular flexibility index (Phi) is 9.67. The third-order valence-electron chi connectivity index (χ3n) is 5.07. The lowest BCUT2D eigenvalue weighted by Crippen LogP contribution is -2.52. The van der Waals surface area contributed by atoms with Crippen LogP contribution in [0.15, 0.2) is 48.5 Å². The summed E-state index contributed by atoms with van der Waals surface area (Å²) in [6, 6.07) is 12.1. The van der Waals surface area contributed by atoms with Crippen molar-refractivity contribution in [3.05, 3.63) is 64.9 Å². The zero-order valence-corrected chi connectivity index (χ0v) is 20.5. The average molecular weight is 498 g/mol. The van der Waals surface area contributed by atoms with Gasteiger partial charge in [0.1, 0.15) is 18.4 Å². The number of nitrogens with zero attached hydrogens (tertiary/aromatic N) is 2. The maximum absolute atomic E-state index is 13.6. The molecule has 0 aromatic heterocycles. The fourth-order valence-electron chi connectivity index (χ4n) is 3.22. The molecule has 2 amide bonds. The van der Waals surface area contributed by atoms with Crippen LogP contribution in [-0.2, 0) is 26.0 Å². The van der Waals surface area contributed by atoms with Gasteiger partial charge in [-0.2, -0.15) is 0 Å². The Morgan fingerprint density at radius 3 is 2.39 bits per heavy atom. The van der Waals surface area contributed by atoms with Gasteiger partial charge in [0, 0.05) is 13.1 Å². The number of benzene rings is 2. The Morgan fingerprint density at radius 1 is 1.15 bits per heavy atom. The second-order valence-electron chi connectivity index (χ2n) is 7.66. The molecule has 0 radical (unpaired) electrons. The lowest BCUT2D eigenvalue weighted by atomic mass is 10.1. The summed E-state index contributed by atoms with van der Waals surface area (Å²) < 4.78 is 39.3. The van der Waals surface area contributed by atoms with Crippen LogP contribution in [0.4, 0.5) is 10.1 Å². The number of amides is 2. The summed E-state index contributed by atoms with van der Waals surface area (Å²) in [5, 5.41) is 2.51. The molecule has 0 bridgehead atoms. The van der Waals surface area contributed by atoms with E-state index in [-0.39, 0.29) is 23.2 Å². The van der Waals surface area contributed by atoms with E-state index in [1.165, 1.54) is 11.0 Å². The first-order valence-corrected chi connectivity index (χ1v) is 12.8. The van der Waals surface area contributed by atoms with Gasteiger partial charge < -0.3 is 10.2 Å². The van der Waals surface area contributed by atoms with Crippen LogP contribution in [0, 0.1) is 5.82 Å². The quantitative estimate of drug-likeness (QED) is 0.516. The highest BCUT2D eigenvalue weighted by atomic mass is 35.5. The second-order valence-corrected chi connectivity index (χ2v) is 9.97. The fraction of sp³-hybridized carbons (Fsp3) is 0.391. The first kappa shape index (κ1) is 26.6. The van der Waals surface area contributed by atoms with Gasteiger partial charge in [-0.05, 0) is 43.5 Å². The predicted octanol–water partition coefficient (Wildman–Crippen LogP) is 3.23. The smallest absolute Gasteiger partial charge is 0.244 e.